The van der Waals surface area contributed by atoms with Crippen molar-refractivity contribution in [3.05, 3.63) is 56.7 Å². The van der Waals surface area contributed by atoms with E-state index in [0.29, 0.717) is 16.4 Å². The molecule has 2 rings (SSSR count). The monoisotopic (exact) mass is 309 g/mol. The first-order chi connectivity index (χ1) is 9.49. The van der Waals surface area contributed by atoms with Gasteiger partial charge in [-0.2, -0.15) is 0 Å². The van der Waals surface area contributed by atoms with Crippen molar-refractivity contribution in [2.45, 2.75) is 6.54 Å². The van der Waals surface area contributed by atoms with Crippen LogP contribution >= 0.6 is 22.9 Å². The zero-order valence-corrected chi connectivity index (χ0v) is 12.2. The number of nitrogens with zero attached hydrogens (tertiary/aromatic N) is 1. The zero-order valence-electron chi connectivity index (χ0n) is 10.7. The van der Waals surface area contributed by atoms with Gasteiger partial charge < -0.3 is 10.0 Å². The van der Waals surface area contributed by atoms with Crippen LogP contribution in [0, 0.1) is 0 Å². The summed E-state index contributed by atoms with van der Waals surface area (Å²) in [6.07, 6.45) is 0. The summed E-state index contributed by atoms with van der Waals surface area (Å²) < 4.78 is 0. The van der Waals surface area contributed by atoms with Crippen molar-refractivity contribution >= 4 is 34.8 Å². The molecule has 1 aromatic heterocycles. The molecular formula is C14H12ClNO3S. The molecule has 0 aliphatic carbocycles. The van der Waals surface area contributed by atoms with Gasteiger partial charge in [0.1, 0.15) is 4.88 Å². The molecule has 2 aromatic rings. The Balaban J connectivity index is 2.08. The number of carboxylic acids is 1. The van der Waals surface area contributed by atoms with E-state index in [4.69, 9.17) is 16.7 Å². The number of benzene rings is 1. The van der Waals surface area contributed by atoms with E-state index >= 15 is 0 Å². The van der Waals surface area contributed by atoms with Gasteiger partial charge in [-0.15, -0.1) is 11.3 Å². The topological polar surface area (TPSA) is 57.6 Å². The summed E-state index contributed by atoms with van der Waals surface area (Å²) in [6, 6.07) is 8.13. The molecule has 1 aromatic carbocycles. The molecule has 0 bridgehead atoms. The fraction of sp³-hybridized carbons (Fsp3) is 0.143. The van der Waals surface area contributed by atoms with Gasteiger partial charge in [0, 0.05) is 13.6 Å². The van der Waals surface area contributed by atoms with Gasteiger partial charge in [-0.1, -0.05) is 23.7 Å². The molecule has 0 saturated heterocycles. The number of carboxylic acid groups (broad SMARTS) is 1. The number of amides is 1. The van der Waals surface area contributed by atoms with Crippen LogP contribution in [0.25, 0.3) is 0 Å². The SMILES string of the molecule is CN(Cc1ccc(C(=O)O)cc1)C(=O)c1sccc1Cl. The highest BCUT2D eigenvalue weighted by atomic mass is 35.5. The Bertz CT molecular complexity index is 636. The molecule has 104 valence electrons. The summed E-state index contributed by atoms with van der Waals surface area (Å²) in [6.45, 7) is 0.396. The Labute approximate surface area is 125 Å². The molecule has 0 aliphatic rings. The molecule has 1 amide bonds. The molecule has 1 heterocycles. The van der Waals surface area contributed by atoms with E-state index < -0.39 is 5.97 Å². The highest BCUT2D eigenvalue weighted by Gasteiger charge is 2.16. The lowest BCUT2D eigenvalue weighted by molar-refractivity contribution is 0.0695. The van der Waals surface area contributed by atoms with Gasteiger partial charge in [-0.05, 0) is 29.1 Å². The van der Waals surface area contributed by atoms with Crippen molar-refractivity contribution in [3.63, 3.8) is 0 Å². The second-order valence-electron chi connectivity index (χ2n) is 4.26. The van der Waals surface area contributed by atoms with Crippen molar-refractivity contribution in [2.75, 3.05) is 7.05 Å². The first kappa shape index (κ1) is 14.6. The summed E-state index contributed by atoms with van der Waals surface area (Å²) in [5.74, 6) is -1.11. The van der Waals surface area contributed by atoms with Gasteiger partial charge in [-0.3, -0.25) is 4.79 Å². The van der Waals surface area contributed by atoms with Crippen LogP contribution in [0.4, 0.5) is 0 Å². The van der Waals surface area contributed by atoms with Crippen molar-refractivity contribution in [1.82, 2.24) is 4.90 Å². The van der Waals surface area contributed by atoms with E-state index in [9.17, 15) is 9.59 Å². The van der Waals surface area contributed by atoms with E-state index in [-0.39, 0.29) is 11.5 Å². The van der Waals surface area contributed by atoms with Gasteiger partial charge in [0.25, 0.3) is 5.91 Å². The van der Waals surface area contributed by atoms with Gasteiger partial charge in [0.05, 0.1) is 10.6 Å². The average Bonchev–Trinajstić information content (AvgIpc) is 2.84. The predicted molar refractivity (Wildman–Crippen MR) is 78.5 cm³/mol. The lowest BCUT2D eigenvalue weighted by Crippen LogP contribution is -2.25. The number of hydrogen-bond acceptors (Lipinski definition) is 3. The zero-order chi connectivity index (χ0) is 14.7. The number of thiophene rings is 1. The van der Waals surface area contributed by atoms with Gasteiger partial charge in [0.15, 0.2) is 0 Å². The maximum absolute atomic E-state index is 12.2. The van der Waals surface area contributed by atoms with Crippen LogP contribution in [0.1, 0.15) is 25.6 Å². The average molecular weight is 310 g/mol. The molecule has 6 heteroatoms. The van der Waals surface area contributed by atoms with Crippen LogP contribution in [0.2, 0.25) is 5.02 Å². The van der Waals surface area contributed by atoms with Crippen LogP contribution in [0.3, 0.4) is 0 Å². The van der Waals surface area contributed by atoms with Crippen LogP contribution < -0.4 is 0 Å². The molecule has 0 radical (unpaired) electrons. The molecule has 0 spiro atoms. The molecule has 1 N–H and O–H groups in total. The summed E-state index contributed by atoms with van der Waals surface area (Å²) in [7, 11) is 1.68. The molecule has 0 unspecified atom stereocenters. The second-order valence-corrected chi connectivity index (χ2v) is 5.58. The largest absolute Gasteiger partial charge is 0.478 e. The normalized spacial score (nSPS) is 10.3. The van der Waals surface area contributed by atoms with Crippen molar-refractivity contribution < 1.29 is 14.7 Å². The smallest absolute Gasteiger partial charge is 0.335 e. The first-order valence-electron chi connectivity index (χ1n) is 5.79. The van der Waals surface area contributed by atoms with Crippen LogP contribution in [-0.2, 0) is 6.54 Å². The van der Waals surface area contributed by atoms with E-state index in [1.165, 1.54) is 23.5 Å². The Morgan fingerprint density at radius 3 is 2.40 bits per heavy atom. The number of carbonyl (C=O) groups excluding carboxylic acids is 1. The third-order valence-electron chi connectivity index (χ3n) is 2.78. The highest BCUT2D eigenvalue weighted by molar-refractivity contribution is 7.12. The molecule has 0 atom stereocenters. The Morgan fingerprint density at radius 1 is 1.25 bits per heavy atom. The quantitative estimate of drug-likeness (QED) is 0.942. The Morgan fingerprint density at radius 2 is 1.90 bits per heavy atom. The van der Waals surface area contributed by atoms with Gasteiger partial charge >= 0.3 is 5.97 Å². The minimum atomic E-state index is -0.966. The summed E-state index contributed by atoms with van der Waals surface area (Å²) in [4.78, 5) is 25.0. The van der Waals surface area contributed by atoms with E-state index in [1.807, 2.05) is 0 Å². The van der Waals surface area contributed by atoms with Gasteiger partial charge in [-0.25, -0.2) is 4.79 Å². The maximum Gasteiger partial charge on any atom is 0.335 e. The van der Waals surface area contributed by atoms with E-state index in [1.54, 1.807) is 35.5 Å². The molecule has 4 nitrogen and oxygen atoms in total. The third-order valence-corrected chi connectivity index (χ3v) is 4.11. The molecular weight excluding hydrogens is 298 g/mol. The third kappa shape index (κ3) is 3.18. The first-order valence-corrected chi connectivity index (χ1v) is 7.05. The van der Waals surface area contributed by atoms with Crippen molar-refractivity contribution in [1.29, 1.82) is 0 Å². The number of rotatable bonds is 4. The minimum Gasteiger partial charge on any atom is -0.478 e. The standard InChI is InChI=1S/C14H12ClNO3S/c1-16(13(17)12-11(15)6-7-20-12)8-9-2-4-10(5-3-9)14(18)19/h2-7H,8H2,1H3,(H,18,19). The number of hydrogen-bond donors (Lipinski definition) is 1. The fourth-order valence-corrected chi connectivity index (χ4v) is 2.85. The number of aromatic carboxylic acids is 1. The number of carbonyl (C=O) groups is 2. The van der Waals surface area contributed by atoms with Crippen LogP contribution in [0.5, 0.6) is 0 Å². The summed E-state index contributed by atoms with van der Waals surface area (Å²) in [5.41, 5.74) is 1.09. The molecule has 20 heavy (non-hydrogen) atoms. The lowest BCUT2D eigenvalue weighted by Gasteiger charge is -2.16. The lowest BCUT2D eigenvalue weighted by atomic mass is 10.1. The fourth-order valence-electron chi connectivity index (χ4n) is 1.72. The summed E-state index contributed by atoms with van der Waals surface area (Å²) >= 11 is 7.24. The maximum atomic E-state index is 12.2. The second kappa shape index (κ2) is 6.07. The van der Waals surface area contributed by atoms with Crippen LogP contribution in [0.15, 0.2) is 35.7 Å². The molecule has 0 aliphatic heterocycles. The molecule has 0 saturated carbocycles. The summed E-state index contributed by atoms with van der Waals surface area (Å²) in [5, 5.41) is 11.0. The Kier molecular flexibility index (Phi) is 4.42. The molecule has 0 fully saturated rings. The predicted octanol–water partition coefficient (Wildman–Crippen LogP) is 3.37. The van der Waals surface area contributed by atoms with Crippen LogP contribution in [-0.4, -0.2) is 28.9 Å². The van der Waals surface area contributed by atoms with E-state index in [0.717, 1.165) is 5.56 Å². The highest BCUT2D eigenvalue weighted by Crippen LogP contribution is 2.23. The Hall–Kier alpha value is -1.85. The van der Waals surface area contributed by atoms with Crippen molar-refractivity contribution in [3.8, 4) is 0 Å². The van der Waals surface area contributed by atoms with E-state index in [2.05, 4.69) is 0 Å². The van der Waals surface area contributed by atoms with Gasteiger partial charge in [0.2, 0.25) is 0 Å². The minimum absolute atomic E-state index is 0.146. The number of halogens is 1. The van der Waals surface area contributed by atoms with Crippen molar-refractivity contribution in [2.24, 2.45) is 0 Å².